The van der Waals surface area contributed by atoms with E-state index in [1.165, 1.54) is 8.61 Å². The van der Waals surface area contributed by atoms with Crippen molar-refractivity contribution in [3.05, 3.63) is 0 Å². The molecule has 0 atom stereocenters. The molecule has 102 valence electrons. The summed E-state index contributed by atoms with van der Waals surface area (Å²) in [5, 5.41) is 0. The van der Waals surface area contributed by atoms with Crippen molar-refractivity contribution in [2.24, 2.45) is 0 Å². The molecule has 17 heavy (non-hydrogen) atoms. The molecule has 0 aliphatic carbocycles. The Morgan fingerprint density at radius 1 is 1.24 bits per heavy atom. The summed E-state index contributed by atoms with van der Waals surface area (Å²) in [6, 6.07) is 0. The topological polar surface area (TPSA) is 49.9 Å². The van der Waals surface area contributed by atoms with Crippen LogP contribution in [0.5, 0.6) is 0 Å². The number of halogens is 1. The SMILES string of the molecule is CN(CCCCCCl)S(=O)(=O)N1CCOCC1. The van der Waals surface area contributed by atoms with Crippen LogP contribution in [-0.4, -0.2) is 62.8 Å². The summed E-state index contributed by atoms with van der Waals surface area (Å²) in [7, 11) is -1.67. The second-order valence-corrected chi connectivity index (χ2v) is 6.50. The van der Waals surface area contributed by atoms with Crippen molar-refractivity contribution in [3.8, 4) is 0 Å². The van der Waals surface area contributed by atoms with Crippen LogP contribution in [-0.2, 0) is 14.9 Å². The van der Waals surface area contributed by atoms with Crippen LogP contribution < -0.4 is 0 Å². The van der Waals surface area contributed by atoms with Crippen molar-refractivity contribution in [3.63, 3.8) is 0 Å². The van der Waals surface area contributed by atoms with Crippen molar-refractivity contribution in [2.75, 3.05) is 45.8 Å². The van der Waals surface area contributed by atoms with E-state index in [0.717, 1.165) is 19.3 Å². The maximum Gasteiger partial charge on any atom is 0.281 e. The van der Waals surface area contributed by atoms with Gasteiger partial charge in [0.05, 0.1) is 13.2 Å². The van der Waals surface area contributed by atoms with E-state index in [9.17, 15) is 8.42 Å². The summed E-state index contributed by atoms with van der Waals surface area (Å²) in [5.41, 5.74) is 0. The summed E-state index contributed by atoms with van der Waals surface area (Å²) in [6.45, 7) is 2.43. The second-order valence-electron chi connectivity index (χ2n) is 4.09. The smallest absolute Gasteiger partial charge is 0.281 e. The van der Waals surface area contributed by atoms with Crippen molar-refractivity contribution in [2.45, 2.75) is 19.3 Å². The summed E-state index contributed by atoms with van der Waals surface area (Å²) < 4.78 is 32.3. The van der Waals surface area contributed by atoms with Gasteiger partial charge >= 0.3 is 0 Å². The number of morpholine rings is 1. The quantitative estimate of drug-likeness (QED) is 0.516. The molecule has 1 saturated heterocycles. The van der Waals surface area contributed by atoms with E-state index in [1.807, 2.05) is 0 Å². The molecular weight excluding hydrogens is 264 g/mol. The maximum absolute atomic E-state index is 12.1. The minimum Gasteiger partial charge on any atom is -0.379 e. The Bertz CT molecular complexity index is 305. The van der Waals surface area contributed by atoms with Gasteiger partial charge in [0.15, 0.2) is 0 Å². The van der Waals surface area contributed by atoms with Gasteiger partial charge in [0.25, 0.3) is 10.2 Å². The molecule has 1 aliphatic rings. The molecular formula is C10H21ClN2O3S. The van der Waals surface area contributed by atoms with E-state index < -0.39 is 10.2 Å². The maximum atomic E-state index is 12.1. The zero-order valence-electron chi connectivity index (χ0n) is 10.3. The van der Waals surface area contributed by atoms with E-state index in [4.69, 9.17) is 16.3 Å². The molecule has 0 aromatic rings. The van der Waals surface area contributed by atoms with Gasteiger partial charge in [-0.25, -0.2) is 0 Å². The Kier molecular flexibility index (Phi) is 6.72. The number of hydrogen-bond donors (Lipinski definition) is 0. The fourth-order valence-corrected chi connectivity index (χ4v) is 3.25. The van der Waals surface area contributed by atoms with Crippen LogP contribution in [0.4, 0.5) is 0 Å². The van der Waals surface area contributed by atoms with Crippen molar-refractivity contribution < 1.29 is 13.2 Å². The van der Waals surface area contributed by atoms with Gasteiger partial charge in [-0.2, -0.15) is 17.0 Å². The molecule has 1 fully saturated rings. The molecule has 1 heterocycles. The van der Waals surface area contributed by atoms with Crippen molar-refractivity contribution >= 4 is 21.8 Å². The van der Waals surface area contributed by atoms with Gasteiger partial charge in [-0.15, -0.1) is 11.6 Å². The molecule has 5 nitrogen and oxygen atoms in total. The first-order chi connectivity index (χ1) is 8.09. The second kappa shape index (κ2) is 7.53. The fraction of sp³-hybridized carbons (Fsp3) is 1.00. The summed E-state index contributed by atoms with van der Waals surface area (Å²) in [4.78, 5) is 0. The summed E-state index contributed by atoms with van der Waals surface area (Å²) >= 11 is 5.57. The minimum atomic E-state index is -3.30. The third-order valence-electron chi connectivity index (χ3n) is 2.80. The Morgan fingerprint density at radius 3 is 2.47 bits per heavy atom. The minimum absolute atomic E-state index is 0.453. The number of nitrogens with zero attached hydrogens (tertiary/aromatic N) is 2. The Labute approximate surface area is 109 Å². The van der Waals surface area contributed by atoms with Gasteiger partial charge in [-0.05, 0) is 12.8 Å². The molecule has 0 unspecified atom stereocenters. The molecule has 7 heteroatoms. The summed E-state index contributed by atoms with van der Waals surface area (Å²) in [6.07, 6.45) is 2.76. The van der Waals surface area contributed by atoms with Gasteiger partial charge in [0.1, 0.15) is 0 Å². The van der Waals surface area contributed by atoms with Gasteiger partial charge in [0, 0.05) is 32.6 Å². The predicted octanol–water partition coefficient (Wildman–Crippen LogP) is 0.904. The fourth-order valence-electron chi connectivity index (χ4n) is 1.70. The number of rotatable bonds is 7. The Balaban J connectivity index is 2.39. The van der Waals surface area contributed by atoms with Crippen LogP contribution in [0, 0.1) is 0 Å². The molecule has 0 bridgehead atoms. The molecule has 0 spiro atoms. The van der Waals surface area contributed by atoms with Gasteiger partial charge in [-0.3, -0.25) is 0 Å². The molecule has 0 aromatic heterocycles. The summed E-state index contributed by atoms with van der Waals surface area (Å²) in [5.74, 6) is 0.639. The Morgan fingerprint density at radius 2 is 1.88 bits per heavy atom. The van der Waals surface area contributed by atoms with Crippen LogP contribution in [0.15, 0.2) is 0 Å². The molecule has 0 aromatic carbocycles. The van der Waals surface area contributed by atoms with E-state index in [1.54, 1.807) is 7.05 Å². The lowest BCUT2D eigenvalue weighted by atomic mass is 10.2. The first-order valence-corrected chi connectivity index (χ1v) is 7.87. The van der Waals surface area contributed by atoms with E-state index >= 15 is 0 Å². The number of unbranched alkanes of at least 4 members (excludes halogenated alkanes) is 2. The number of hydrogen-bond acceptors (Lipinski definition) is 3. The molecule has 1 rings (SSSR count). The van der Waals surface area contributed by atoms with Crippen LogP contribution >= 0.6 is 11.6 Å². The zero-order chi connectivity index (χ0) is 12.7. The average molecular weight is 285 g/mol. The van der Waals surface area contributed by atoms with Crippen molar-refractivity contribution in [1.29, 1.82) is 0 Å². The normalized spacial score (nSPS) is 18.8. The third-order valence-corrected chi connectivity index (χ3v) is 5.05. The molecule has 1 aliphatic heterocycles. The lowest BCUT2D eigenvalue weighted by molar-refractivity contribution is 0.0706. The molecule has 0 N–H and O–H groups in total. The number of alkyl halides is 1. The average Bonchev–Trinajstić information content (AvgIpc) is 2.35. The van der Waals surface area contributed by atoms with Gasteiger partial charge < -0.3 is 4.74 Å². The van der Waals surface area contributed by atoms with Crippen LogP contribution in [0.2, 0.25) is 0 Å². The van der Waals surface area contributed by atoms with E-state index in [-0.39, 0.29) is 0 Å². The largest absolute Gasteiger partial charge is 0.379 e. The predicted molar refractivity (Wildman–Crippen MR) is 68.5 cm³/mol. The number of ether oxygens (including phenoxy) is 1. The monoisotopic (exact) mass is 284 g/mol. The van der Waals surface area contributed by atoms with E-state index in [0.29, 0.717) is 38.7 Å². The third kappa shape index (κ3) is 4.71. The van der Waals surface area contributed by atoms with E-state index in [2.05, 4.69) is 0 Å². The van der Waals surface area contributed by atoms with Crippen molar-refractivity contribution in [1.82, 2.24) is 8.61 Å². The van der Waals surface area contributed by atoms with Crippen LogP contribution in [0.3, 0.4) is 0 Å². The lowest BCUT2D eigenvalue weighted by Gasteiger charge is -2.30. The molecule has 0 saturated carbocycles. The highest BCUT2D eigenvalue weighted by Crippen LogP contribution is 2.10. The molecule has 0 amide bonds. The van der Waals surface area contributed by atoms with Gasteiger partial charge in [-0.1, -0.05) is 6.42 Å². The van der Waals surface area contributed by atoms with Crippen LogP contribution in [0.1, 0.15) is 19.3 Å². The zero-order valence-corrected chi connectivity index (χ0v) is 11.8. The highest BCUT2D eigenvalue weighted by molar-refractivity contribution is 7.86. The first kappa shape index (κ1) is 15.2. The van der Waals surface area contributed by atoms with Crippen LogP contribution in [0.25, 0.3) is 0 Å². The highest BCUT2D eigenvalue weighted by Gasteiger charge is 2.27. The van der Waals surface area contributed by atoms with Gasteiger partial charge in [0.2, 0.25) is 0 Å². The Hall–Kier alpha value is 0.120. The standard InChI is InChI=1S/C10H21ClN2O3S/c1-12(6-4-2-3-5-11)17(14,15)13-7-9-16-10-8-13/h2-10H2,1H3. The lowest BCUT2D eigenvalue weighted by Crippen LogP contribution is -2.47. The molecule has 0 radical (unpaired) electrons. The highest BCUT2D eigenvalue weighted by atomic mass is 35.5. The first-order valence-electron chi connectivity index (χ1n) is 5.94.